The summed E-state index contributed by atoms with van der Waals surface area (Å²) >= 11 is 0. The zero-order valence-electron chi connectivity index (χ0n) is 14.7. The first-order valence-corrected chi connectivity index (χ1v) is 9.00. The predicted molar refractivity (Wildman–Crippen MR) is 110 cm³/mol. The fourth-order valence-corrected chi connectivity index (χ4v) is 3.88. The average Bonchev–Trinajstić information content (AvgIpc) is 2.66. The molecule has 0 saturated carbocycles. The summed E-state index contributed by atoms with van der Waals surface area (Å²) in [5.41, 5.74) is 25.7. The molecule has 0 aliphatic carbocycles. The molecule has 132 valence electrons. The first kappa shape index (κ1) is 16.5. The third-order valence-corrected chi connectivity index (χ3v) is 5.02. The van der Waals surface area contributed by atoms with Crippen LogP contribution in [-0.4, -0.2) is 13.1 Å². The number of hydrogen-bond donors (Lipinski definition) is 3. The van der Waals surface area contributed by atoms with E-state index in [2.05, 4.69) is 53.4 Å². The molecular formula is C22H24N4. The highest BCUT2D eigenvalue weighted by atomic mass is 15.2. The minimum absolute atomic E-state index is 0.0931. The maximum atomic E-state index is 6.15. The molecule has 4 heteroatoms. The van der Waals surface area contributed by atoms with Gasteiger partial charge in [0.2, 0.25) is 0 Å². The molecular weight excluding hydrogens is 320 g/mol. The van der Waals surface area contributed by atoms with Gasteiger partial charge in [0.1, 0.15) is 0 Å². The second-order valence-corrected chi connectivity index (χ2v) is 6.77. The molecule has 0 spiro atoms. The summed E-state index contributed by atoms with van der Waals surface area (Å²) in [6.07, 6.45) is 0.912. The Bertz CT molecular complexity index is 921. The quantitative estimate of drug-likeness (QED) is 0.629. The molecule has 0 bridgehead atoms. The first-order chi connectivity index (χ1) is 12.7. The van der Waals surface area contributed by atoms with Crippen LogP contribution in [0.25, 0.3) is 11.1 Å². The maximum Gasteiger partial charge on any atom is 0.0802 e. The van der Waals surface area contributed by atoms with Crippen molar-refractivity contribution >= 4 is 17.1 Å². The lowest BCUT2D eigenvalue weighted by Gasteiger charge is -2.41. The van der Waals surface area contributed by atoms with Crippen molar-refractivity contribution in [1.29, 1.82) is 0 Å². The van der Waals surface area contributed by atoms with Crippen molar-refractivity contribution in [3.05, 3.63) is 77.9 Å². The van der Waals surface area contributed by atoms with E-state index in [1.807, 2.05) is 18.2 Å². The van der Waals surface area contributed by atoms with Gasteiger partial charge in [0.05, 0.1) is 6.04 Å². The predicted octanol–water partition coefficient (Wildman–Crippen LogP) is 3.78. The van der Waals surface area contributed by atoms with Crippen LogP contribution in [0, 0.1) is 0 Å². The summed E-state index contributed by atoms with van der Waals surface area (Å²) < 4.78 is 0. The van der Waals surface area contributed by atoms with E-state index in [0.717, 1.165) is 30.0 Å². The number of anilines is 3. The van der Waals surface area contributed by atoms with Crippen molar-refractivity contribution in [2.24, 2.45) is 5.73 Å². The van der Waals surface area contributed by atoms with Crippen LogP contribution in [0.4, 0.5) is 17.1 Å². The Hall–Kier alpha value is -2.98. The molecule has 3 aromatic rings. The zero-order valence-corrected chi connectivity index (χ0v) is 14.7. The second-order valence-electron chi connectivity index (χ2n) is 6.77. The van der Waals surface area contributed by atoms with Gasteiger partial charge >= 0.3 is 0 Å². The van der Waals surface area contributed by atoms with Crippen LogP contribution in [0.15, 0.2) is 66.7 Å². The van der Waals surface area contributed by atoms with Gasteiger partial charge in [-0.3, -0.25) is 0 Å². The molecule has 0 saturated heterocycles. The zero-order chi connectivity index (χ0) is 18.1. The van der Waals surface area contributed by atoms with Crippen molar-refractivity contribution in [2.75, 3.05) is 29.5 Å². The molecule has 0 aromatic heterocycles. The van der Waals surface area contributed by atoms with Crippen molar-refractivity contribution in [3.8, 4) is 11.1 Å². The topological polar surface area (TPSA) is 81.3 Å². The Morgan fingerprint density at radius 3 is 2.23 bits per heavy atom. The summed E-state index contributed by atoms with van der Waals surface area (Å²) in [5.74, 6) is 0. The lowest BCUT2D eigenvalue weighted by molar-refractivity contribution is 0.667. The van der Waals surface area contributed by atoms with Crippen LogP contribution in [0.2, 0.25) is 0 Å². The van der Waals surface area contributed by atoms with Crippen molar-refractivity contribution in [1.82, 2.24) is 0 Å². The number of nitrogens with two attached hydrogens (primary N) is 3. The number of nitrogens with zero attached hydrogens (tertiary/aromatic N) is 1. The van der Waals surface area contributed by atoms with Crippen LogP contribution in [-0.2, 0) is 0 Å². The number of hydrogen-bond acceptors (Lipinski definition) is 4. The van der Waals surface area contributed by atoms with Gasteiger partial charge in [0.15, 0.2) is 0 Å². The molecule has 3 aromatic carbocycles. The van der Waals surface area contributed by atoms with Gasteiger partial charge in [0, 0.05) is 29.2 Å². The summed E-state index contributed by atoms with van der Waals surface area (Å²) in [6.45, 7) is 1.51. The van der Waals surface area contributed by atoms with Crippen LogP contribution in [0.5, 0.6) is 0 Å². The molecule has 4 nitrogen and oxygen atoms in total. The van der Waals surface area contributed by atoms with Crippen molar-refractivity contribution in [2.45, 2.75) is 12.5 Å². The third-order valence-electron chi connectivity index (χ3n) is 5.02. The van der Waals surface area contributed by atoms with E-state index in [-0.39, 0.29) is 6.04 Å². The lowest BCUT2D eigenvalue weighted by atomic mass is 9.84. The van der Waals surface area contributed by atoms with Crippen molar-refractivity contribution < 1.29 is 0 Å². The normalized spacial score (nSPS) is 15.4. The van der Waals surface area contributed by atoms with E-state index in [4.69, 9.17) is 17.2 Å². The maximum absolute atomic E-state index is 6.15. The third kappa shape index (κ3) is 2.78. The molecule has 1 heterocycles. The summed E-state index contributed by atoms with van der Waals surface area (Å²) in [7, 11) is 0. The monoisotopic (exact) mass is 344 g/mol. The van der Waals surface area contributed by atoms with E-state index in [1.165, 1.54) is 22.3 Å². The van der Waals surface area contributed by atoms with E-state index in [0.29, 0.717) is 6.54 Å². The minimum Gasteiger partial charge on any atom is -0.399 e. The Balaban J connectivity index is 1.97. The molecule has 4 rings (SSSR count). The molecule has 0 radical (unpaired) electrons. The number of rotatable bonds is 4. The van der Waals surface area contributed by atoms with Gasteiger partial charge < -0.3 is 22.1 Å². The van der Waals surface area contributed by atoms with E-state index >= 15 is 0 Å². The molecule has 26 heavy (non-hydrogen) atoms. The summed E-state index contributed by atoms with van der Waals surface area (Å²) in [5, 5.41) is 0. The summed E-state index contributed by atoms with van der Waals surface area (Å²) in [6, 6.07) is 23.0. The fourth-order valence-electron chi connectivity index (χ4n) is 3.88. The largest absolute Gasteiger partial charge is 0.399 e. The molecule has 1 unspecified atom stereocenters. The minimum atomic E-state index is 0.0931. The highest BCUT2D eigenvalue weighted by Gasteiger charge is 2.32. The Morgan fingerprint density at radius 1 is 0.808 bits per heavy atom. The fraction of sp³-hybridized carbons (Fsp3) is 0.182. The molecule has 1 aliphatic rings. The van der Waals surface area contributed by atoms with Crippen LogP contribution in [0.1, 0.15) is 23.6 Å². The first-order valence-electron chi connectivity index (χ1n) is 9.00. The lowest BCUT2D eigenvalue weighted by Crippen LogP contribution is -2.34. The van der Waals surface area contributed by atoms with Gasteiger partial charge in [-0.15, -0.1) is 0 Å². The molecule has 0 fully saturated rings. The van der Waals surface area contributed by atoms with E-state index in [1.54, 1.807) is 0 Å². The highest BCUT2D eigenvalue weighted by Crippen LogP contribution is 2.48. The van der Waals surface area contributed by atoms with E-state index < -0.39 is 0 Å². The number of nitrogen functional groups attached to an aromatic ring is 2. The molecule has 6 N–H and O–H groups in total. The van der Waals surface area contributed by atoms with Gasteiger partial charge in [-0.2, -0.15) is 0 Å². The van der Waals surface area contributed by atoms with Gasteiger partial charge in [0.25, 0.3) is 0 Å². The van der Waals surface area contributed by atoms with Gasteiger partial charge in [-0.05, 0) is 53.9 Å². The van der Waals surface area contributed by atoms with E-state index in [9.17, 15) is 0 Å². The second kappa shape index (κ2) is 6.73. The van der Waals surface area contributed by atoms with Gasteiger partial charge in [-0.25, -0.2) is 0 Å². The molecule has 1 aliphatic heterocycles. The highest BCUT2D eigenvalue weighted by molar-refractivity contribution is 5.88. The smallest absolute Gasteiger partial charge is 0.0802 e. The Morgan fingerprint density at radius 2 is 1.50 bits per heavy atom. The standard InChI is InChI=1S/C22H24N4/c23-11-4-12-26-21-14-17(25)8-10-19(21)18-9-7-16(24)13-20(18)22(26)15-5-2-1-3-6-15/h1-3,5-10,13-14,22H,4,11-12,23-25H2. The number of fused-ring (bicyclic) bond motifs is 3. The number of benzene rings is 3. The van der Waals surface area contributed by atoms with Crippen LogP contribution in [0.3, 0.4) is 0 Å². The summed E-state index contributed by atoms with van der Waals surface area (Å²) in [4.78, 5) is 2.41. The molecule has 1 atom stereocenters. The Kier molecular flexibility index (Phi) is 4.27. The van der Waals surface area contributed by atoms with Crippen LogP contribution < -0.4 is 22.1 Å². The SMILES string of the molecule is NCCCN1c2cc(N)ccc2-c2ccc(N)cc2C1c1ccccc1. The van der Waals surface area contributed by atoms with Gasteiger partial charge in [-0.1, -0.05) is 42.5 Å². The Labute approximate surface area is 154 Å². The van der Waals surface area contributed by atoms with Crippen molar-refractivity contribution in [3.63, 3.8) is 0 Å². The van der Waals surface area contributed by atoms with Crippen LogP contribution >= 0.6 is 0 Å². The molecule has 0 amide bonds. The average molecular weight is 344 g/mol.